The van der Waals surface area contributed by atoms with E-state index in [4.69, 9.17) is 9.72 Å². The molecule has 0 spiro atoms. The van der Waals surface area contributed by atoms with Crippen LogP contribution in [0.15, 0.2) is 58.0 Å². The number of thiazole rings is 1. The normalized spacial score (nSPS) is 11.4. The number of aromatic nitrogens is 2. The van der Waals surface area contributed by atoms with E-state index in [0.717, 1.165) is 34.2 Å². The number of thiophene rings is 1. The highest BCUT2D eigenvalue weighted by Gasteiger charge is 2.14. The second-order valence-electron chi connectivity index (χ2n) is 6.62. The van der Waals surface area contributed by atoms with Gasteiger partial charge in [-0.25, -0.2) is 4.98 Å². The molecule has 144 valence electrons. The Labute approximate surface area is 171 Å². The van der Waals surface area contributed by atoms with E-state index in [1.165, 1.54) is 16.2 Å². The zero-order chi connectivity index (χ0) is 19.5. The van der Waals surface area contributed by atoms with Crippen LogP contribution in [0.1, 0.15) is 21.8 Å². The average Bonchev–Trinajstić information content (AvgIpc) is 3.32. The van der Waals surface area contributed by atoms with Crippen LogP contribution in [-0.2, 0) is 19.6 Å². The number of methoxy groups -OCH3 is 1. The Morgan fingerprint density at radius 3 is 2.75 bits per heavy atom. The highest BCUT2D eigenvalue weighted by molar-refractivity contribution is 7.15. The van der Waals surface area contributed by atoms with Crippen LogP contribution in [-0.4, -0.2) is 21.4 Å². The molecule has 28 heavy (non-hydrogen) atoms. The maximum Gasteiger partial charge on any atom is 0.259 e. The third-order valence-corrected chi connectivity index (χ3v) is 6.37. The Bertz CT molecular complexity index is 1130. The summed E-state index contributed by atoms with van der Waals surface area (Å²) >= 11 is 3.23. The van der Waals surface area contributed by atoms with Gasteiger partial charge in [0.2, 0.25) is 0 Å². The van der Waals surface area contributed by atoms with Gasteiger partial charge < -0.3 is 4.74 Å². The molecule has 4 rings (SSSR count). The van der Waals surface area contributed by atoms with E-state index in [2.05, 4.69) is 28.5 Å². The van der Waals surface area contributed by atoms with Gasteiger partial charge in [0.25, 0.3) is 5.56 Å². The molecule has 0 aliphatic heterocycles. The third-order valence-electron chi connectivity index (χ3n) is 4.56. The number of nitrogens with zero attached hydrogens (tertiary/aromatic N) is 3. The van der Waals surface area contributed by atoms with Crippen molar-refractivity contribution in [2.75, 3.05) is 7.11 Å². The quantitative estimate of drug-likeness (QED) is 0.454. The van der Waals surface area contributed by atoms with Gasteiger partial charge in [-0.05, 0) is 24.4 Å². The van der Waals surface area contributed by atoms with Crippen molar-refractivity contribution in [1.29, 1.82) is 0 Å². The van der Waals surface area contributed by atoms with Crippen LogP contribution in [0.2, 0.25) is 0 Å². The molecule has 0 aliphatic rings. The van der Waals surface area contributed by atoms with E-state index in [1.807, 2.05) is 30.5 Å². The molecule has 7 heteroatoms. The summed E-state index contributed by atoms with van der Waals surface area (Å²) in [4.78, 5) is 21.6. The van der Waals surface area contributed by atoms with Gasteiger partial charge in [0.05, 0.1) is 12.8 Å². The fourth-order valence-electron chi connectivity index (χ4n) is 3.28. The predicted octanol–water partition coefficient (Wildman–Crippen LogP) is 4.34. The maximum atomic E-state index is 12.5. The fourth-order valence-corrected chi connectivity index (χ4v) is 4.91. The SMILES string of the molecule is COc1ccccc1CN(Cc1cc(=O)n2c(C)csc2n1)Cc1cccs1. The largest absolute Gasteiger partial charge is 0.496 e. The van der Waals surface area contributed by atoms with E-state index in [-0.39, 0.29) is 5.56 Å². The van der Waals surface area contributed by atoms with Crippen molar-refractivity contribution in [2.45, 2.75) is 26.6 Å². The highest BCUT2D eigenvalue weighted by Crippen LogP contribution is 2.23. The molecule has 0 saturated heterocycles. The third kappa shape index (κ3) is 4.01. The maximum absolute atomic E-state index is 12.5. The highest BCUT2D eigenvalue weighted by atomic mass is 32.1. The molecule has 0 N–H and O–H groups in total. The summed E-state index contributed by atoms with van der Waals surface area (Å²) in [7, 11) is 1.69. The van der Waals surface area contributed by atoms with Gasteiger partial charge in [0, 0.05) is 47.2 Å². The first kappa shape index (κ1) is 18.9. The van der Waals surface area contributed by atoms with Gasteiger partial charge >= 0.3 is 0 Å². The number of ether oxygens (including phenoxy) is 1. The van der Waals surface area contributed by atoms with E-state index in [1.54, 1.807) is 28.9 Å². The lowest BCUT2D eigenvalue weighted by Crippen LogP contribution is -2.25. The van der Waals surface area contributed by atoms with Crippen LogP contribution in [0, 0.1) is 6.92 Å². The molecule has 0 radical (unpaired) electrons. The Morgan fingerprint density at radius 2 is 1.96 bits per heavy atom. The minimum Gasteiger partial charge on any atom is -0.496 e. The van der Waals surface area contributed by atoms with Crippen molar-refractivity contribution < 1.29 is 4.74 Å². The summed E-state index contributed by atoms with van der Waals surface area (Å²) in [5, 5.41) is 4.05. The lowest BCUT2D eigenvalue weighted by Gasteiger charge is -2.22. The predicted molar refractivity (Wildman–Crippen MR) is 114 cm³/mol. The topological polar surface area (TPSA) is 46.8 Å². The number of para-hydroxylation sites is 1. The van der Waals surface area contributed by atoms with Crippen LogP contribution < -0.4 is 10.3 Å². The summed E-state index contributed by atoms with van der Waals surface area (Å²) in [6.07, 6.45) is 0. The standard InChI is InChI=1S/C21H21N3O2S2/c1-15-14-28-21-22-17(10-20(25)24(15)21)12-23(13-18-7-5-9-27-18)11-16-6-3-4-8-19(16)26-2/h3-10,14H,11-13H2,1-2H3. The van der Waals surface area contributed by atoms with Gasteiger partial charge in [-0.3, -0.25) is 14.1 Å². The van der Waals surface area contributed by atoms with Gasteiger partial charge in [-0.2, -0.15) is 0 Å². The van der Waals surface area contributed by atoms with Crippen LogP contribution in [0.3, 0.4) is 0 Å². The van der Waals surface area contributed by atoms with E-state index >= 15 is 0 Å². The van der Waals surface area contributed by atoms with Crippen molar-refractivity contribution >= 4 is 27.6 Å². The summed E-state index contributed by atoms with van der Waals surface area (Å²) in [6.45, 7) is 4.03. The molecule has 0 atom stereocenters. The second-order valence-corrected chi connectivity index (χ2v) is 8.49. The number of benzene rings is 1. The molecule has 1 aromatic carbocycles. The molecule has 3 aromatic heterocycles. The number of rotatable bonds is 7. The van der Waals surface area contributed by atoms with Crippen molar-refractivity contribution in [3.05, 3.63) is 85.4 Å². The number of hydrogen-bond donors (Lipinski definition) is 0. The molecular formula is C21H21N3O2S2. The minimum atomic E-state index is -0.0212. The molecule has 0 unspecified atom stereocenters. The Morgan fingerprint density at radius 1 is 1.11 bits per heavy atom. The molecule has 0 amide bonds. The smallest absolute Gasteiger partial charge is 0.259 e. The zero-order valence-electron chi connectivity index (χ0n) is 15.8. The first-order valence-corrected chi connectivity index (χ1v) is 10.7. The fraction of sp³-hybridized carbons (Fsp3) is 0.238. The van der Waals surface area contributed by atoms with Crippen molar-refractivity contribution in [3.63, 3.8) is 0 Å². The average molecular weight is 412 g/mol. The summed E-state index contributed by atoms with van der Waals surface area (Å²) in [5.41, 5.74) is 2.81. The molecule has 0 aliphatic carbocycles. The summed E-state index contributed by atoms with van der Waals surface area (Å²) < 4.78 is 7.18. The van der Waals surface area contributed by atoms with Crippen LogP contribution >= 0.6 is 22.7 Å². The van der Waals surface area contributed by atoms with E-state index in [0.29, 0.717) is 13.1 Å². The van der Waals surface area contributed by atoms with Crippen molar-refractivity contribution in [1.82, 2.24) is 14.3 Å². The summed E-state index contributed by atoms with van der Waals surface area (Å²) in [6, 6.07) is 13.9. The van der Waals surface area contributed by atoms with Crippen LogP contribution in [0.4, 0.5) is 0 Å². The van der Waals surface area contributed by atoms with Crippen molar-refractivity contribution in [3.8, 4) is 5.75 Å². The molecule has 0 fully saturated rings. The lowest BCUT2D eigenvalue weighted by molar-refractivity contribution is 0.243. The van der Waals surface area contributed by atoms with Gasteiger partial charge in [0.15, 0.2) is 4.96 Å². The van der Waals surface area contributed by atoms with E-state index in [9.17, 15) is 4.79 Å². The van der Waals surface area contributed by atoms with Crippen LogP contribution in [0.25, 0.3) is 4.96 Å². The zero-order valence-corrected chi connectivity index (χ0v) is 17.4. The van der Waals surface area contributed by atoms with Crippen molar-refractivity contribution in [2.24, 2.45) is 0 Å². The monoisotopic (exact) mass is 411 g/mol. The molecule has 4 aromatic rings. The summed E-state index contributed by atoms with van der Waals surface area (Å²) in [5.74, 6) is 0.871. The molecule has 0 saturated carbocycles. The Kier molecular flexibility index (Phi) is 5.57. The van der Waals surface area contributed by atoms with Gasteiger partial charge in [-0.15, -0.1) is 22.7 Å². The first-order chi connectivity index (χ1) is 13.6. The molecule has 3 heterocycles. The molecular weight excluding hydrogens is 390 g/mol. The number of fused-ring (bicyclic) bond motifs is 1. The molecule has 5 nitrogen and oxygen atoms in total. The number of hydrogen-bond acceptors (Lipinski definition) is 6. The van der Waals surface area contributed by atoms with Crippen LogP contribution in [0.5, 0.6) is 5.75 Å². The lowest BCUT2D eigenvalue weighted by atomic mass is 10.1. The van der Waals surface area contributed by atoms with Gasteiger partial charge in [0.1, 0.15) is 5.75 Å². The Hall–Kier alpha value is -2.48. The van der Waals surface area contributed by atoms with Gasteiger partial charge in [-0.1, -0.05) is 24.3 Å². The molecule has 0 bridgehead atoms. The Balaban J connectivity index is 1.64. The number of aryl methyl sites for hydroxylation is 1. The second kappa shape index (κ2) is 8.26. The van der Waals surface area contributed by atoms with E-state index < -0.39 is 0 Å². The first-order valence-electron chi connectivity index (χ1n) is 8.97. The minimum absolute atomic E-state index is 0.0212.